The summed E-state index contributed by atoms with van der Waals surface area (Å²) in [5, 5.41) is 29.6. The number of nitrogens with zero attached hydrogens (tertiary/aromatic N) is 4. The number of fused-ring (bicyclic) bond motifs is 1. The monoisotopic (exact) mass is 325 g/mol. The summed E-state index contributed by atoms with van der Waals surface area (Å²) in [4.78, 5) is 4.46. The Bertz CT molecular complexity index is 1100. The first-order valence-electron chi connectivity index (χ1n) is 7.34. The molecule has 1 aromatic heterocycles. The van der Waals surface area contributed by atoms with Gasteiger partial charge in [0.1, 0.15) is 29.4 Å². The molecular formula is C19H11N5O. The lowest BCUT2D eigenvalue weighted by molar-refractivity contribution is 0.620. The van der Waals surface area contributed by atoms with Gasteiger partial charge in [-0.3, -0.25) is 0 Å². The molecule has 0 saturated carbocycles. The third kappa shape index (κ3) is 3.17. The van der Waals surface area contributed by atoms with Crippen LogP contribution in [0.2, 0.25) is 0 Å². The van der Waals surface area contributed by atoms with Gasteiger partial charge in [0, 0.05) is 17.3 Å². The standard InChI is InChI=1S/C19H11N5O/c1-12-3-2-4-13(7-12)19-24-16-6-5-15(8-18(16)25-19)23-17(11-22)14(9-20)10-21/h2-8,23H,1H3. The molecule has 0 amide bonds. The first kappa shape index (κ1) is 15.8. The quantitative estimate of drug-likeness (QED) is 0.728. The molecule has 0 fully saturated rings. The SMILES string of the molecule is Cc1cccc(-c2nc3ccc(NC(C#N)=C(C#N)C#N)cc3o2)c1. The van der Waals surface area contributed by atoms with E-state index in [0.29, 0.717) is 22.7 Å². The lowest BCUT2D eigenvalue weighted by Crippen LogP contribution is -2.00. The minimum absolute atomic E-state index is 0.109. The molecular weight excluding hydrogens is 314 g/mol. The van der Waals surface area contributed by atoms with E-state index in [1.54, 1.807) is 30.3 Å². The summed E-state index contributed by atoms with van der Waals surface area (Å²) in [7, 11) is 0. The fourth-order valence-corrected chi connectivity index (χ4v) is 2.33. The second-order valence-electron chi connectivity index (χ2n) is 5.28. The minimum Gasteiger partial charge on any atom is -0.436 e. The van der Waals surface area contributed by atoms with Gasteiger partial charge in [-0.05, 0) is 31.2 Å². The zero-order valence-corrected chi connectivity index (χ0v) is 13.2. The largest absolute Gasteiger partial charge is 0.436 e. The minimum atomic E-state index is -0.277. The summed E-state index contributed by atoms with van der Waals surface area (Å²) in [5.41, 5.74) is 3.33. The number of nitrogens with one attached hydrogen (secondary N) is 1. The van der Waals surface area contributed by atoms with E-state index in [0.717, 1.165) is 11.1 Å². The van der Waals surface area contributed by atoms with Crippen molar-refractivity contribution in [1.82, 2.24) is 4.98 Å². The summed E-state index contributed by atoms with van der Waals surface area (Å²) < 4.78 is 5.80. The molecule has 0 radical (unpaired) electrons. The smallest absolute Gasteiger partial charge is 0.227 e. The van der Waals surface area contributed by atoms with Crippen molar-refractivity contribution in [3.05, 3.63) is 59.3 Å². The van der Waals surface area contributed by atoms with Gasteiger partial charge in [-0.25, -0.2) is 4.98 Å². The Kier molecular flexibility index (Phi) is 4.16. The number of hydrogen-bond acceptors (Lipinski definition) is 6. The molecule has 25 heavy (non-hydrogen) atoms. The van der Waals surface area contributed by atoms with Crippen LogP contribution in [-0.2, 0) is 0 Å². The van der Waals surface area contributed by atoms with Gasteiger partial charge in [-0.15, -0.1) is 0 Å². The van der Waals surface area contributed by atoms with Gasteiger partial charge in [0.15, 0.2) is 11.2 Å². The van der Waals surface area contributed by atoms with Crippen molar-refractivity contribution in [1.29, 1.82) is 15.8 Å². The van der Waals surface area contributed by atoms with Crippen molar-refractivity contribution in [2.24, 2.45) is 0 Å². The molecule has 6 nitrogen and oxygen atoms in total. The summed E-state index contributed by atoms with van der Waals surface area (Å²) in [6, 6.07) is 18.1. The average molecular weight is 325 g/mol. The molecule has 0 aliphatic rings. The molecule has 6 heteroatoms. The summed E-state index contributed by atoms with van der Waals surface area (Å²) in [6.45, 7) is 1.99. The predicted octanol–water partition coefficient (Wildman–Crippen LogP) is 4.04. The highest BCUT2D eigenvalue weighted by atomic mass is 16.3. The number of allylic oxidation sites excluding steroid dienone is 2. The van der Waals surface area contributed by atoms with Crippen molar-refractivity contribution >= 4 is 16.8 Å². The van der Waals surface area contributed by atoms with E-state index in [2.05, 4.69) is 10.3 Å². The summed E-state index contributed by atoms with van der Waals surface area (Å²) in [6.07, 6.45) is 0. The van der Waals surface area contributed by atoms with Gasteiger partial charge in [0.2, 0.25) is 5.89 Å². The van der Waals surface area contributed by atoms with Gasteiger partial charge in [-0.2, -0.15) is 15.8 Å². The van der Waals surface area contributed by atoms with Crippen molar-refractivity contribution < 1.29 is 4.42 Å². The second-order valence-corrected chi connectivity index (χ2v) is 5.28. The van der Waals surface area contributed by atoms with Crippen LogP contribution in [0, 0.1) is 40.9 Å². The first-order chi connectivity index (χ1) is 12.1. The Morgan fingerprint density at radius 1 is 1.04 bits per heavy atom. The zero-order chi connectivity index (χ0) is 17.8. The van der Waals surface area contributed by atoms with Gasteiger partial charge >= 0.3 is 0 Å². The predicted molar refractivity (Wildman–Crippen MR) is 91.7 cm³/mol. The van der Waals surface area contributed by atoms with Crippen LogP contribution in [0.25, 0.3) is 22.6 Å². The van der Waals surface area contributed by atoms with Gasteiger partial charge in [0.05, 0.1) is 0 Å². The van der Waals surface area contributed by atoms with Crippen LogP contribution >= 0.6 is 0 Å². The topological polar surface area (TPSA) is 109 Å². The molecule has 0 atom stereocenters. The van der Waals surface area contributed by atoms with Crippen LogP contribution < -0.4 is 5.32 Å². The van der Waals surface area contributed by atoms with E-state index in [4.69, 9.17) is 20.2 Å². The van der Waals surface area contributed by atoms with E-state index in [1.807, 2.05) is 37.3 Å². The van der Waals surface area contributed by atoms with Gasteiger partial charge < -0.3 is 9.73 Å². The summed E-state index contributed by atoms with van der Waals surface area (Å²) >= 11 is 0. The number of rotatable bonds is 3. The van der Waals surface area contributed by atoms with Gasteiger partial charge in [-0.1, -0.05) is 17.7 Å². The van der Waals surface area contributed by atoms with E-state index < -0.39 is 0 Å². The van der Waals surface area contributed by atoms with Crippen LogP contribution in [0.1, 0.15) is 5.56 Å². The van der Waals surface area contributed by atoms with E-state index in [-0.39, 0.29) is 11.3 Å². The molecule has 0 aliphatic heterocycles. The molecule has 2 aromatic carbocycles. The highest BCUT2D eigenvalue weighted by molar-refractivity contribution is 5.80. The third-order valence-corrected chi connectivity index (χ3v) is 3.51. The fourth-order valence-electron chi connectivity index (χ4n) is 2.33. The van der Waals surface area contributed by atoms with Gasteiger partial charge in [0.25, 0.3) is 0 Å². The molecule has 118 valence electrons. The fraction of sp³-hybridized carbons (Fsp3) is 0.0526. The zero-order valence-electron chi connectivity index (χ0n) is 13.2. The second kappa shape index (κ2) is 6.58. The maximum absolute atomic E-state index is 9.10. The van der Waals surface area contributed by atoms with Crippen LogP contribution in [0.4, 0.5) is 5.69 Å². The number of benzene rings is 2. The van der Waals surface area contributed by atoms with Crippen LogP contribution in [0.3, 0.4) is 0 Å². The number of aromatic nitrogens is 1. The van der Waals surface area contributed by atoms with E-state index >= 15 is 0 Å². The Balaban J connectivity index is 1.99. The highest BCUT2D eigenvalue weighted by Crippen LogP contribution is 2.27. The number of hydrogen-bond donors (Lipinski definition) is 1. The van der Waals surface area contributed by atoms with E-state index in [9.17, 15) is 0 Å². The molecule has 1 N–H and O–H groups in total. The maximum Gasteiger partial charge on any atom is 0.227 e. The Hall–Kier alpha value is -4.08. The molecule has 3 aromatic rings. The van der Waals surface area contributed by atoms with Crippen molar-refractivity contribution in [3.8, 4) is 29.7 Å². The van der Waals surface area contributed by atoms with Crippen LogP contribution in [0.15, 0.2) is 58.2 Å². The average Bonchev–Trinajstić information content (AvgIpc) is 3.05. The van der Waals surface area contributed by atoms with Crippen molar-refractivity contribution in [2.75, 3.05) is 5.32 Å². The Labute approximate surface area is 143 Å². The molecule has 1 heterocycles. The Morgan fingerprint density at radius 2 is 1.84 bits per heavy atom. The maximum atomic E-state index is 9.10. The van der Waals surface area contributed by atoms with Crippen molar-refractivity contribution in [2.45, 2.75) is 6.92 Å². The lowest BCUT2D eigenvalue weighted by Gasteiger charge is -2.03. The number of nitriles is 3. The first-order valence-corrected chi connectivity index (χ1v) is 7.34. The molecule has 0 bridgehead atoms. The number of aryl methyl sites for hydroxylation is 1. The van der Waals surface area contributed by atoms with Crippen LogP contribution in [-0.4, -0.2) is 4.98 Å². The Morgan fingerprint density at radius 3 is 2.52 bits per heavy atom. The summed E-state index contributed by atoms with van der Waals surface area (Å²) in [5.74, 6) is 0.502. The third-order valence-electron chi connectivity index (χ3n) is 3.51. The molecule has 0 aliphatic carbocycles. The van der Waals surface area contributed by atoms with Crippen LogP contribution in [0.5, 0.6) is 0 Å². The normalized spacial score (nSPS) is 9.68. The molecule has 0 unspecified atom stereocenters. The molecule has 0 spiro atoms. The molecule has 3 rings (SSSR count). The molecule has 0 saturated heterocycles. The lowest BCUT2D eigenvalue weighted by atomic mass is 10.1. The van der Waals surface area contributed by atoms with Crippen molar-refractivity contribution in [3.63, 3.8) is 0 Å². The van der Waals surface area contributed by atoms with E-state index in [1.165, 1.54) is 0 Å². The number of oxazole rings is 1. The number of anilines is 1. The highest BCUT2D eigenvalue weighted by Gasteiger charge is 2.11.